The first kappa shape index (κ1) is 19.2. The Morgan fingerprint density at radius 1 is 1.07 bits per heavy atom. The molecule has 7 heteroatoms. The van der Waals surface area contributed by atoms with Crippen molar-refractivity contribution < 1.29 is 14.0 Å². The fourth-order valence-corrected chi connectivity index (χ4v) is 2.79. The molecule has 0 atom stereocenters. The summed E-state index contributed by atoms with van der Waals surface area (Å²) >= 11 is 0. The average molecular weight is 378 g/mol. The van der Waals surface area contributed by atoms with Gasteiger partial charge in [0.2, 0.25) is 5.91 Å². The molecular formula is C21H22N4O3. The topological polar surface area (TPSA) is 89.2 Å². The number of hydrogen-bond acceptors (Lipinski definition) is 4. The number of aromatic nitrogens is 2. The molecule has 0 aliphatic carbocycles. The van der Waals surface area contributed by atoms with Crippen LogP contribution in [0.3, 0.4) is 0 Å². The van der Waals surface area contributed by atoms with Gasteiger partial charge in [-0.3, -0.25) is 9.59 Å². The van der Waals surface area contributed by atoms with E-state index in [0.717, 1.165) is 22.6 Å². The van der Waals surface area contributed by atoms with E-state index in [0.29, 0.717) is 13.1 Å². The van der Waals surface area contributed by atoms with Crippen molar-refractivity contribution in [1.29, 1.82) is 0 Å². The molecule has 7 nitrogen and oxygen atoms in total. The molecule has 0 aliphatic heterocycles. The first-order chi connectivity index (χ1) is 13.6. The van der Waals surface area contributed by atoms with E-state index in [-0.39, 0.29) is 17.6 Å². The molecule has 3 rings (SSSR count). The summed E-state index contributed by atoms with van der Waals surface area (Å²) in [6.45, 7) is 4.50. The van der Waals surface area contributed by atoms with Crippen LogP contribution in [0.15, 0.2) is 59.2 Å². The van der Waals surface area contributed by atoms with Gasteiger partial charge < -0.3 is 15.1 Å². The minimum absolute atomic E-state index is 0.237. The van der Waals surface area contributed by atoms with Gasteiger partial charge in [-0.2, -0.15) is 5.10 Å². The Balaban J connectivity index is 1.53. The van der Waals surface area contributed by atoms with E-state index in [4.69, 9.17) is 4.42 Å². The van der Waals surface area contributed by atoms with Gasteiger partial charge in [0, 0.05) is 30.4 Å². The molecule has 2 amide bonds. The Hall–Kier alpha value is -3.61. The van der Waals surface area contributed by atoms with E-state index in [1.807, 2.05) is 48.9 Å². The molecular weight excluding hydrogens is 356 g/mol. The summed E-state index contributed by atoms with van der Waals surface area (Å²) in [5.41, 5.74) is 3.68. The Labute approximate surface area is 163 Å². The maximum atomic E-state index is 12.0. The smallest absolute Gasteiger partial charge is 0.287 e. The summed E-state index contributed by atoms with van der Waals surface area (Å²) in [5.74, 6) is -0.305. The normalized spacial score (nSPS) is 10.9. The van der Waals surface area contributed by atoms with E-state index < -0.39 is 0 Å². The summed E-state index contributed by atoms with van der Waals surface area (Å²) in [6.07, 6.45) is 4.67. The minimum atomic E-state index is -0.311. The van der Waals surface area contributed by atoms with Crippen LogP contribution in [0.1, 0.15) is 27.5 Å². The summed E-state index contributed by atoms with van der Waals surface area (Å²) in [7, 11) is 0. The fraction of sp³-hybridized carbons (Fsp3) is 0.190. The standard InChI is InChI=1S/C21H22N4O3/c1-15-18(16(2)25(24-15)17-7-4-3-5-8-17)10-11-20(26)22-12-13-23-21(27)19-9-6-14-28-19/h3-11,14H,12-13H2,1-2H3,(H,22,26)(H,23,27)/b11-10+. The average Bonchev–Trinajstić information content (AvgIpc) is 3.33. The second kappa shape index (κ2) is 8.85. The molecule has 0 radical (unpaired) electrons. The largest absolute Gasteiger partial charge is 0.459 e. The molecule has 144 valence electrons. The monoisotopic (exact) mass is 378 g/mol. The molecule has 2 heterocycles. The van der Waals surface area contributed by atoms with Gasteiger partial charge in [0.05, 0.1) is 17.6 Å². The van der Waals surface area contributed by atoms with Gasteiger partial charge in [-0.25, -0.2) is 4.68 Å². The molecule has 28 heavy (non-hydrogen) atoms. The van der Waals surface area contributed by atoms with Gasteiger partial charge >= 0.3 is 0 Å². The van der Waals surface area contributed by atoms with Gasteiger partial charge in [-0.05, 0) is 44.2 Å². The molecule has 0 saturated carbocycles. The summed E-state index contributed by atoms with van der Waals surface area (Å²) in [5, 5.41) is 9.96. The lowest BCUT2D eigenvalue weighted by molar-refractivity contribution is -0.116. The molecule has 3 aromatic rings. The third kappa shape index (κ3) is 4.56. The van der Waals surface area contributed by atoms with Gasteiger partial charge in [-0.15, -0.1) is 0 Å². The lowest BCUT2D eigenvalue weighted by atomic mass is 10.2. The van der Waals surface area contributed by atoms with Crippen molar-refractivity contribution in [2.75, 3.05) is 13.1 Å². The quantitative estimate of drug-likeness (QED) is 0.489. The SMILES string of the molecule is Cc1nn(-c2ccccc2)c(C)c1/C=C/C(=O)NCCNC(=O)c1ccco1. The number of aryl methyl sites for hydroxylation is 1. The van der Waals surface area contributed by atoms with E-state index in [2.05, 4.69) is 15.7 Å². The number of amides is 2. The van der Waals surface area contributed by atoms with Gasteiger partial charge in [0.15, 0.2) is 5.76 Å². The second-order valence-electron chi connectivity index (χ2n) is 6.19. The zero-order valence-corrected chi connectivity index (χ0v) is 15.8. The number of carbonyl (C=O) groups is 2. The number of nitrogens with zero attached hydrogens (tertiary/aromatic N) is 2. The van der Waals surface area contributed by atoms with Crippen molar-refractivity contribution in [1.82, 2.24) is 20.4 Å². The van der Waals surface area contributed by atoms with E-state index in [1.165, 1.54) is 12.3 Å². The molecule has 0 unspecified atom stereocenters. The van der Waals surface area contributed by atoms with Gasteiger partial charge in [0.1, 0.15) is 0 Å². The van der Waals surface area contributed by atoms with Crippen LogP contribution in [-0.4, -0.2) is 34.7 Å². The Bertz CT molecular complexity index is 973. The lowest BCUT2D eigenvalue weighted by Crippen LogP contribution is -2.33. The van der Waals surface area contributed by atoms with E-state index >= 15 is 0 Å². The first-order valence-electron chi connectivity index (χ1n) is 8.95. The summed E-state index contributed by atoms with van der Waals surface area (Å²) in [4.78, 5) is 23.7. The van der Waals surface area contributed by atoms with Crippen LogP contribution < -0.4 is 10.6 Å². The molecule has 1 aromatic carbocycles. The second-order valence-corrected chi connectivity index (χ2v) is 6.19. The third-order valence-corrected chi connectivity index (χ3v) is 4.20. The molecule has 0 bridgehead atoms. The maximum Gasteiger partial charge on any atom is 0.287 e. The van der Waals surface area contributed by atoms with Crippen LogP contribution in [0.2, 0.25) is 0 Å². The van der Waals surface area contributed by atoms with Crippen LogP contribution in [0, 0.1) is 13.8 Å². The predicted octanol–water partition coefficient (Wildman–Crippen LogP) is 2.64. The summed E-state index contributed by atoms with van der Waals surface area (Å²) < 4.78 is 6.86. The molecule has 0 spiro atoms. The van der Waals surface area contributed by atoms with Crippen molar-refractivity contribution in [3.8, 4) is 5.69 Å². The fourth-order valence-electron chi connectivity index (χ4n) is 2.79. The van der Waals surface area contributed by atoms with Crippen molar-refractivity contribution in [2.24, 2.45) is 0 Å². The molecule has 0 saturated heterocycles. The Morgan fingerprint density at radius 3 is 2.54 bits per heavy atom. The number of carbonyl (C=O) groups excluding carboxylic acids is 2. The summed E-state index contributed by atoms with van der Waals surface area (Å²) in [6, 6.07) is 13.1. The zero-order valence-electron chi connectivity index (χ0n) is 15.8. The van der Waals surface area contributed by atoms with Crippen LogP contribution >= 0.6 is 0 Å². The number of para-hydroxylation sites is 1. The number of rotatable bonds is 7. The number of furan rings is 1. The van der Waals surface area contributed by atoms with Crippen molar-refractivity contribution in [2.45, 2.75) is 13.8 Å². The minimum Gasteiger partial charge on any atom is -0.459 e. The maximum absolute atomic E-state index is 12.0. The molecule has 2 N–H and O–H groups in total. The number of hydrogen-bond donors (Lipinski definition) is 2. The van der Waals surface area contributed by atoms with Crippen molar-refractivity contribution in [3.63, 3.8) is 0 Å². The Kier molecular flexibility index (Phi) is 6.06. The molecule has 0 aliphatic rings. The van der Waals surface area contributed by atoms with Crippen LogP contribution in [-0.2, 0) is 4.79 Å². The molecule has 0 fully saturated rings. The number of nitrogens with one attached hydrogen (secondary N) is 2. The van der Waals surface area contributed by atoms with Crippen LogP contribution in [0.5, 0.6) is 0 Å². The number of benzene rings is 1. The van der Waals surface area contributed by atoms with Gasteiger partial charge in [0.25, 0.3) is 5.91 Å². The van der Waals surface area contributed by atoms with Crippen LogP contribution in [0.25, 0.3) is 11.8 Å². The molecule has 2 aromatic heterocycles. The van der Waals surface area contributed by atoms with Gasteiger partial charge in [-0.1, -0.05) is 18.2 Å². The lowest BCUT2D eigenvalue weighted by Gasteiger charge is -2.04. The highest BCUT2D eigenvalue weighted by Gasteiger charge is 2.11. The van der Waals surface area contributed by atoms with Crippen molar-refractivity contribution in [3.05, 3.63) is 77.5 Å². The van der Waals surface area contributed by atoms with E-state index in [1.54, 1.807) is 18.2 Å². The highest BCUT2D eigenvalue weighted by molar-refractivity contribution is 5.92. The Morgan fingerprint density at radius 2 is 1.82 bits per heavy atom. The first-order valence-corrected chi connectivity index (χ1v) is 8.95. The highest BCUT2D eigenvalue weighted by atomic mass is 16.3. The van der Waals surface area contributed by atoms with Crippen molar-refractivity contribution >= 4 is 17.9 Å². The van der Waals surface area contributed by atoms with Crippen LogP contribution in [0.4, 0.5) is 0 Å². The highest BCUT2D eigenvalue weighted by Crippen LogP contribution is 2.18. The zero-order chi connectivity index (χ0) is 19.9. The predicted molar refractivity (Wildman–Crippen MR) is 106 cm³/mol. The van der Waals surface area contributed by atoms with E-state index in [9.17, 15) is 9.59 Å². The third-order valence-electron chi connectivity index (χ3n) is 4.20.